The number of ether oxygens (including phenoxy) is 2. The highest BCUT2D eigenvalue weighted by Crippen LogP contribution is 2.31. The van der Waals surface area contributed by atoms with Crippen LogP contribution in [0, 0.1) is 0 Å². The van der Waals surface area contributed by atoms with Gasteiger partial charge in [0.1, 0.15) is 12.2 Å². The summed E-state index contributed by atoms with van der Waals surface area (Å²) in [5.74, 6) is 0. The van der Waals surface area contributed by atoms with Gasteiger partial charge in [0.2, 0.25) is 0 Å². The summed E-state index contributed by atoms with van der Waals surface area (Å²) in [7, 11) is 0. The Bertz CT molecular complexity index is 331. The van der Waals surface area contributed by atoms with Gasteiger partial charge in [-0.05, 0) is 32.6 Å². The molecule has 0 radical (unpaired) electrons. The molecule has 2 amide bonds. The molecule has 0 spiro atoms. The third-order valence-electron chi connectivity index (χ3n) is 4.48. The Hall–Kier alpha value is -0.810. The largest absolute Gasteiger partial charge is 0.374 e. The number of urea groups is 1. The Morgan fingerprint density at radius 1 is 1.32 bits per heavy atom. The van der Waals surface area contributed by atoms with Crippen molar-refractivity contribution in [3.63, 3.8) is 0 Å². The molecule has 5 nitrogen and oxygen atoms in total. The van der Waals surface area contributed by atoms with Gasteiger partial charge in [-0.25, -0.2) is 4.79 Å². The molecule has 0 aliphatic carbocycles. The van der Waals surface area contributed by atoms with Gasteiger partial charge in [-0.1, -0.05) is 0 Å². The quantitative estimate of drug-likeness (QED) is 0.761. The van der Waals surface area contributed by atoms with Gasteiger partial charge >= 0.3 is 6.03 Å². The standard InChI is InChI=1S/C14H24N2O3/c1-2-18-12-10-16(11-6-5-9-19-13(11)12)14(17)15-7-3-4-8-15/h11-13H,2-10H2,1H3/t11-,12+,13+/m1/s1. The Labute approximate surface area is 114 Å². The average molecular weight is 268 g/mol. The van der Waals surface area contributed by atoms with Gasteiger partial charge in [-0.3, -0.25) is 0 Å². The SMILES string of the molecule is CCO[C@H]1CN(C(=O)N2CCCC2)[C@@H]2CCCO[C@H]12. The van der Waals surface area contributed by atoms with Crippen molar-refractivity contribution in [3.05, 3.63) is 0 Å². The molecule has 108 valence electrons. The van der Waals surface area contributed by atoms with Crippen molar-refractivity contribution in [2.24, 2.45) is 0 Å². The predicted molar refractivity (Wildman–Crippen MR) is 71.1 cm³/mol. The maximum Gasteiger partial charge on any atom is 0.320 e. The third kappa shape index (κ3) is 2.46. The van der Waals surface area contributed by atoms with Crippen molar-refractivity contribution in [3.8, 4) is 0 Å². The van der Waals surface area contributed by atoms with E-state index < -0.39 is 0 Å². The van der Waals surface area contributed by atoms with E-state index >= 15 is 0 Å². The maximum absolute atomic E-state index is 12.6. The van der Waals surface area contributed by atoms with E-state index in [1.165, 1.54) is 0 Å². The number of rotatable bonds is 2. The van der Waals surface area contributed by atoms with E-state index in [0.29, 0.717) is 13.2 Å². The van der Waals surface area contributed by atoms with Crippen LogP contribution in [-0.4, -0.2) is 66.9 Å². The molecule has 0 N–H and O–H groups in total. The average Bonchev–Trinajstić information content (AvgIpc) is 3.07. The maximum atomic E-state index is 12.6. The number of carbonyl (C=O) groups excluding carboxylic acids is 1. The Morgan fingerprint density at radius 2 is 2.11 bits per heavy atom. The predicted octanol–water partition coefficient (Wildman–Crippen LogP) is 1.47. The first-order valence-corrected chi connectivity index (χ1v) is 7.60. The Morgan fingerprint density at radius 3 is 2.84 bits per heavy atom. The van der Waals surface area contributed by atoms with Crippen molar-refractivity contribution >= 4 is 6.03 Å². The van der Waals surface area contributed by atoms with Crippen LogP contribution in [0.1, 0.15) is 32.6 Å². The summed E-state index contributed by atoms with van der Waals surface area (Å²) in [5.41, 5.74) is 0. The summed E-state index contributed by atoms with van der Waals surface area (Å²) in [6.07, 6.45) is 4.51. The number of hydrogen-bond donors (Lipinski definition) is 0. The first-order chi connectivity index (χ1) is 9.31. The number of hydrogen-bond acceptors (Lipinski definition) is 3. The molecular formula is C14H24N2O3. The van der Waals surface area contributed by atoms with Crippen LogP contribution in [0.25, 0.3) is 0 Å². The Balaban J connectivity index is 1.71. The molecule has 0 aromatic carbocycles. The summed E-state index contributed by atoms with van der Waals surface area (Å²) < 4.78 is 11.7. The summed E-state index contributed by atoms with van der Waals surface area (Å²) >= 11 is 0. The first kappa shape index (κ1) is 13.2. The number of nitrogens with zero attached hydrogens (tertiary/aromatic N) is 2. The fourth-order valence-electron chi connectivity index (χ4n) is 3.58. The molecule has 19 heavy (non-hydrogen) atoms. The minimum absolute atomic E-state index is 0.0573. The van der Waals surface area contributed by atoms with E-state index in [1.807, 2.05) is 16.7 Å². The van der Waals surface area contributed by atoms with Crippen molar-refractivity contribution in [1.29, 1.82) is 0 Å². The van der Waals surface area contributed by atoms with Gasteiger partial charge in [-0.2, -0.15) is 0 Å². The molecule has 0 saturated carbocycles. The number of amides is 2. The zero-order valence-corrected chi connectivity index (χ0v) is 11.7. The van der Waals surface area contributed by atoms with Gasteiger partial charge in [0.15, 0.2) is 0 Å². The van der Waals surface area contributed by atoms with Crippen LogP contribution in [-0.2, 0) is 9.47 Å². The van der Waals surface area contributed by atoms with Gasteiger partial charge < -0.3 is 19.3 Å². The molecule has 3 aliphatic rings. The molecule has 5 heteroatoms. The van der Waals surface area contributed by atoms with Crippen LogP contribution < -0.4 is 0 Å². The summed E-state index contributed by atoms with van der Waals surface area (Å²) in [6.45, 7) is 6.00. The van der Waals surface area contributed by atoms with Crippen LogP contribution in [0.15, 0.2) is 0 Å². The summed E-state index contributed by atoms with van der Waals surface area (Å²) in [4.78, 5) is 16.6. The molecule has 0 bridgehead atoms. The molecule has 3 atom stereocenters. The zero-order chi connectivity index (χ0) is 13.2. The lowest BCUT2D eigenvalue weighted by molar-refractivity contribution is -0.0737. The Kier molecular flexibility index (Phi) is 3.93. The van der Waals surface area contributed by atoms with Crippen molar-refractivity contribution in [2.45, 2.75) is 50.9 Å². The normalized spacial score (nSPS) is 34.7. The van der Waals surface area contributed by atoms with E-state index in [2.05, 4.69) is 0 Å². The number of fused-ring (bicyclic) bond motifs is 1. The molecule has 3 aliphatic heterocycles. The van der Waals surface area contributed by atoms with Crippen molar-refractivity contribution in [1.82, 2.24) is 9.80 Å². The van der Waals surface area contributed by atoms with E-state index in [4.69, 9.17) is 9.47 Å². The topological polar surface area (TPSA) is 42.0 Å². The van der Waals surface area contributed by atoms with Gasteiger partial charge in [0.05, 0.1) is 12.6 Å². The van der Waals surface area contributed by atoms with E-state index in [-0.39, 0.29) is 24.3 Å². The van der Waals surface area contributed by atoms with Crippen LogP contribution in [0.4, 0.5) is 4.79 Å². The minimum Gasteiger partial charge on any atom is -0.374 e. The number of likely N-dealkylation sites (tertiary alicyclic amines) is 2. The number of carbonyl (C=O) groups is 1. The molecule has 3 heterocycles. The van der Waals surface area contributed by atoms with Gasteiger partial charge in [0.25, 0.3) is 0 Å². The molecule has 3 fully saturated rings. The fourth-order valence-corrected chi connectivity index (χ4v) is 3.58. The van der Waals surface area contributed by atoms with Crippen LogP contribution in [0.2, 0.25) is 0 Å². The second-order valence-electron chi connectivity index (χ2n) is 5.67. The highest BCUT2D eigenvalue weighted by Gasteiger charge is 2.47. The van der Waals surface area contributed by atoms with Gasteiger partial charge in [0, 0.05) is 26.3 Å². The molecule has 3 rings (SSSR count). The zero-order valence-electron chi connectivity index (χ0n) is 11.7. The highest BCUT2D eigenvalue weighted by molar-refractivity contribution is 5.75. The minimum atomic E-state index is 0.0573. The lowest BCUT2D eigenvalue weighted by Gasteiger charge is -2.33. The van der Waals surface area contributed by atoms with Crippen molar-refractivity contribution < 1.29 is 14.3 Å². The fraction of sp³-hybridized carbons (Fsp3) is 0.929. The molecule has 0 unspecified atom stereocenters. The van der Waals surface area contributed by atoms with Crippen LogP contribution in [0.3, 0.4) is 0 Å². The highest BCUT2D eigenvalue weighted by atomic mass is 16.5. The second kappa shape index (κ2) is 5.67. The molecule has 0 aromatic heterocycles. The van der Waals surface area contributed by atoms with Crippen LogP contribution in [0.5, 0.6) is 0 Å². The monoisotopic (exact) mass is 268 g/mol. The smallest absolute Gasteiger partial charge is 0.320 e. The summed E-state index contributed by atoms with van der Waals surface area (Å²) in [5, 5.41) is 0. The lowest BCUT2D eigenvalue weighted by atomic mass is 10.0. The lowest BCUT2D eigenvalue weighted by Crippen LogP contribution is -2.48. The molecular weight excluding hydrogens is 244 g/mol. The second-order valence-corrected chi connectivity index (χ2v) is 5.67. The van der Waals surface area contributed by atoms with E-state index in [1.54, 1.807) is 0 Å². The van der Waals surface area contributed by atoms with Gasteiger partial charge in [-0.15, -0.1) is 0 Å². The van der Waals surface area contributed by atoms with Crippen molar-refractivity contribution in [2.75, 3.05) is 32.8 Å². The third-order valence-corrected chi connectivity index (χ3v) is 4.48. The van der Waals surface area contributed by atoms with E-state index in [0.717, 1.165) is 45.4 Å². The molecule has 0 aromatic rings. The van der Waals surface area contributed by atoms with Crippen LogP contribution >= 0.6 is 0 Å². The molecule has 3 saturated heterocycles. The first-order valence-electron chi connectivity index (χ1n) is 7.60. The summed E-state index contributed by atoms with van der Waals surface area (Å²) in [6, 6.07) is 0.415. The van der Waals surface area contributed by atoms with E-state index in [9.17, 15) is 4.79 Å².